The molecule has 0 saturated heterocycles. The molecule has 1 N–H and O–H groups in total. The molecule has 122 valence electrons. The standard InChI is InChI=1S/C19H20N4O/c1-13-6-2-5-9-16(13)21-19-20-12-14-10-11-17(24)23(18(14)22-19)15-7-3-4-8-15/h2,5-6,9-12,15H,3-4,7-8H2,1H3,(H,20,21,22). The Morgan fingerprint density at radius 3 is 2.71 bits per heavy atom. The van der Waals surface area contributed by atoms with Crippen molar-refractivity contribution in [3.05, 3.63) is 58.5 Å². The molecule has 1 aliphatic carbocycles. The van der Waals surface area contributed by atoms with E-state index >= 15 is 0 Å². The lowest BCUT2D eigenvalue weighted by molar-refractivity contribution is 0.516. The highest BCUT2D eigenvalue weighted by atomic mass is 16.1. The molecule has 0 aliphatic heterocycles. The number of rotatable bonds is 3. The lowest BCUT2D eigenvalue weighted by Gasteiger charge is -2.16. The second-order valence-electron chi connectivity index (χ2n) is 6.39. The number of nitrogens with one attached hydrogen (secondary N) is 1. The number of anilines is 2. The summed E-state index contributed by atoms with van der Waals surface area (Å²) in [5.41, 5.74) is 2.85. The predicted molar refractivity (Wildman–Crippen MR) is 95.8 cm³/mol. The van der Waals surface area contributed by atoms with Gasteiger partial charge in [-0.3, -0.25) is 9.36 Å². The van der Waals surface area contributed by atoms with E-state index in [4.69, 9.17) is 0 Å². The average Bonchev–Trinajstić information content (AvgIpc) is 3.11. The van der Waals surface area contributed by atoms with Crippen LogP contribution in [0.1, 0.15) is 37.3 Å². The number of aryl methyl sites for hydroxylation is 1. The Morgan fingerprint density at radius 2 is 1.92 bits per heavy atom. The summed E-state index contributed by atoms with van der Waals surface area (Å²) in [7, 11) is 0. The van der Waals surface area contributed by atoms with Crippen molar-refractivity contribution in [2.24, 2.45) is 0 Å². The summed E-state index contributed by atoms with van der Waals surface area (Å²) in [6.45, 7) is 2.04. The number of fused-ring (bicyclic) bond motifs is 1. The van der Waals surface area contributed by atoms with Gasteiger partial charge in [-0.1, -0.05) is 31.0 Å². The maximum atomic E-state index is 12.4. The first-order valence-electron chi connectivity index (χ1n) is 8.43. The molecule has 0 unspecified atom stereocenters. The minimum atomic E-state index is 0.0231. The predicted octanol–water partition coefficient (Wildman–Crippen LogP) is 3.96. The van der Waals surface area contributed by atoms with Crippen LogP contribution >= 0.6 is 0 Å². The third-order valence-electron chi connectivity index (χ3n) is 4.75. The number of nitrogens with zero attached hydrogens (tertiary/aromatic N) is 3. The summed E-state index contributed by atoms with van der Waals surface area (Å²) in [5.74, 6) is 0.522. The lowest BCUT2D eigenvalue weighted by atomic mass is 10.2. The van der Waals surface area contributed by atoms with Gasteiger partial charge in [0.05, 0.1) is 0 Å². The van der Waals surface area contributed by atoms with E-state index in [2.05, 4.69) is 15.3 Å². The molecule has 24 heavy (non-hydrogen) atoms. The molecule has 0 amide bonds. The summed E-state index contributed by atoms with van der Waals surface area (Å²) in [4.78, 5) is 21.5. The number of pyridine rings is 1. The number of para-hydroxylation sites is 1. The Kier molecular flexibility index (Phi) is 3.76. The Morgan fingerprint density at radius 1 is 1.12 bits per heavy atom. The number of benzene rings is 1. The molecule has 1 fully saturated rings. The zero-order valence-corrected chi connectivity index (χ0v) is 13.7. The maximum absolute atomic E-state index is 12.4. The van der Waals surface area contributed by atoms with E-state index < -0.39 is 0 Å². The molecule has 1 aromatic carbocycles. The quantitative estimate of drug-likeness (QED) is 0.793. The second kappa shape index (κ2) is 6.07. The van der Waals surface area contributed by atoms with Crippen molar-refractivity contribution in [3.63, 3.8) is 0 Å². The summed E-state index contributed by atoms with van der Waals surface area (Å²) >= 11 is 0. The monoisotopic (exact) mass is 320 g/mol. The van der Waals surface area contributed by atoms with Crippen LogP contribution in [0.3, 0.4) is 0 Å². The molecule has 1 aliphatic rings. The fourth-order valence-corrected chi connectivity index (χ4v) is 3.45. The first kappa shape index (κ1) is 14.9. The minimum Gasteiger partial charge on any atom is -0.324 e. The number of hydrogen-bond donors (Lipinski definition) is 1. The van der Waals surface area contributed by atoms with Gasteiger partial charge < -0.3 is 5.32 Å². The Hall–Kier alpha value is -2.69. The molecule has 5 nitrogen and oxygen atoms in total. The SMILES string of the molecule is Cc1ccccc1Nc1ncc2ccc(=O)n(C3CCCC3)c2n1. The second-order valence-corrected chi connectivity index (χ2v) is 6.39. The van der Waals surface area contributed by atoms with E-state index in [9.17, 15) is 4.79 Å². The van der Waals surface area contributed by atoms with Crippen molar-refractivity contribution < 1.29 is 0 Å². The van der Waals surface area contributed by atoms with Gasteiger partial charge >= 0.3 is 0 Å². The molecule has 5 heteroatoms. The fourth-order valence-electron chi connectivity index (χ4n) is 3.45. The van der Waals surface area contributed by atoms with Gasteiger partial charge in [0.1, 0.15) is 5.65 Å². The largest absolute Gasteiger partial charge is 0.324 e. The molecule has 0 spiro atoms. The third-order valence-corrected chi connectivity index (χ3v) is 4.75. The van der Waals surface area contributed by atoms with Crippen molar-refractivity contribution in [2.75, 3.05) is 5.32 Å². The Labute approximate surface area is 140 Å². The minimum absolute atomic E-state index is 0.0231. The lowest BCUT2D eigenvalue weighted by Crippen LogP contribution is -2.23. The van der Waals surface area contributed by atoms with Crippen LogP contribution in [0.2, 0.25) is 0 Å². The van der Waals surface area contributed by atoms with Gasteiger partial charge in [-0.2, -0.15) is 4.98 Å². The zero-order valence-electron chi connectivity index (χ0n) is 13.7. The topological polar surface area (TPSA) is 59.8 Å². The highest BCUT2D eigenvalue weighted by molar-refractivity contribution is 5.76. The van der Waals surface area contributed by atoms with Crippen LogP contribution < -0.4 is 10.9 Å². The molecule has 0 atom stereocenters. The molecule has 0 bridgehead atoms. The molecule has 2 heterocycles. The van der Waals surface area contributed by atoms with E-state index in [-0.39, 0.29) is 11.6 Å². The van der Waals surface area contributed by atoms with Crippen molar-refractivity contribution in [2.45, 2.75) is 38.6 Å². The average molecular weight is 320 g/mol. The number of hydrogen-bond acceptors (Lipinski definition) is 4. The van der Waals surface area contributed by atoms with Gasteiger partial charge in [0.2, 0.25) is 5.95 Å². The van der Waals surface area contributed by atoms with Gasteiger partial charge in [-0.05, 0) is 37.5 Å². The van der Waals surface area contributed by atoms with E-state index in [1.807, 2.05) is 35.8 Å². The van der Waals surface area contributed by atoms with Crippen LogP contribution in [0.25, 0.3) is 11.0 Å². The molecular weight excluding hydrogens is 300 g/mol. The molecule has 4 rings (SSSR count). The highest BCUT2D eigenvalue weighted by Crippen LogP contribution is 2.30. The first-order valence-corrected chi connectivity index (χ1v) is 8.43. The fraction of sp³-hybridized carbons (Fsp3) is 0.316. The van der Waals surface area contributed by atoms with Crippen molar-refractivity contribution in [3.8, 4) is 0 Å². The van der Waals surface area contributed by atoms with E-state index in [0.29, 0.717) is 5.95 Å². The van der Waals surface area contributed by atoms with Gasteiger partial charge in [0.25, 0.3) is 5.56 Å². The first-order chi connectivity index (χ1) is 11.7. The molecule has 3 aromatic rings. The van der Waals surface area contributed by atoms with Gasteiger partial charge in [0.15, 0.2) is 0 Å². The van der Waals surface area contributed by atoms with Gasteiger partial charge in [-0.15, -0.1) is 0 Å². The molecule has 2 aromatic heterocycles. The summed E-state index contributed by atoms with van der Waals surface area (Å²) in [6.07, 6.45) is 6.22. The van der Waals surface area contributed by atoms with Crippen molar-refractivity contribution in [1.29, 1.82) is 0 Å². The van der Waals surface area contributed by atoms with Gasteiger partial charge in [-0.25, -0.2) is 4.98 Å². The third kappa shape index (κ3) is 2.66. The summed E-state index contributed by atoms with van der Waals surface area (Å²) in [6, 6.07) is 11.7. The van der Waals surface area contributed by atoms with E-state index in [0.717, 1.165) is 35.1 Å². The molecule has 1 saturated carbocycles. The van der Waals surface area contributed by atoms with Crippen LogP contribution in [-0.2, 0) is 0 Å². The highest BCUT2D eigenvalue weighted by Gasteiger charge is 2.20. The van der Waals surface area contributed by atoms with E-state index in [1.54, 1.807) is 18.3 Å². The van der Waals surface area contributed by atoms with Crippen molar-refractivity contribution >= 4 is 22.7 Å². The van der Waals surface area contributed by atoms with Crippen molar-refractivity contribution in [1.82, 2.24) is 14.5 Å². The summed E-state index contributed by atoms with van der Waals surface area (Å²) in [5, 5.41) is 4.16. The normalized spacial score (nSPS) is 15.0. The Balaban J connectivity index is 1.80. The molecular formula is C19H20N4O. The van der Waals surface area contributed by atoms with Crippen LogP contribution in [0.4, 0.5) is 11.6 Å². The zero-order chi connectivity index (χ0) is 16.5. The maximum Gasteiger partial charge on any atom is 0.252 e. The van der Waals surface area contributed by atoms with Gasteiger partial charge in [0, 0.05) is 29.4 Å². The smallest absolute Gasteiger partial charge is 0.252 e. The van der Waals surface area contributed by atoms with Crippen LogP contribution in [0, 0.1) is 6.92 Å². The molecule has 0 radical (unpaired) electrons. The summed E-state index contributed by atoms with van der Waals surface area (Å²) < 4.78 is 1.85. The van der Waals surface area contributed by atoms with E-state index in [1.165, 1.54) is 12.8 Å². The van der Waals surface area contributed by atoms with Crippen LogP contribution in [-0.4, -0.2) is 14.5 Å². The Bertz CT molecular complexity index is 941. The van der Waals surface area contributed by atoms with Crippen LogP contribution in [0.5, 0.6) is 0 Å². The number of aromatic nitrogens is 3. The van der Waals surface area contributed by atoms with Crippen LogP contribution in [0.15, 0.2) is 47.4 Å².